The van der Waals surface area contributed by atoms with Gasteiger partial charge in [-0.05, 0) is 72.4 Å². The van der Waals surface area contributed by atoms with E-state index in [1.807, 2.05) is 56.4 Å². The van der Waals surface area contributed by atoms with Crippen molar-refractivity contribution in [3.63, 3.8) is 0 Å². The van der Waals surface area contributed by atoms with E-state index < -0.39 is 0 Å². The molecule has 2 heterocycles. The van der Waals surface area contributed by atoms with E-state index >= 15 is 0 Å². The van der Waals surface area contributed by atoms with Crippen LogP contribution in [0.5, 0.6) is 17.2 Å². The number of nitrogens with zero attached hydrogens (tertiary/aromatic N) is 6. The van der Waals surface area contributed by atoms with Gasteiger partial charge in [0.25, 0.3) is 0 Å². The Morgan fingerprint density at radius 1 is 1.13 bits per heavy atom. The molecule has 1 aromatic heterocycles. The lowest BCUT2D eigenvalue weighted by Gasteiger charge is -2.34. The van der Waals surface area contributed by atoms with Gasteiger partial charge in [0.05, 0.1) is 19.1 Å². The third kappa shape index (κ3) is 8.64. The van der Waals surface area contributed by atoms with Crippen LogP contribution in [0.1, 0.15) is 25.0 Å². The van der Waals surface area contributed by atoms with Gasteiger partial charge in [-0.25, -0.2) is 4.68 Å². The minimum absolute atomic E-state index is 0.0336. The molecule has 0 saturated heterocycles. The number of para-hydroxylation sites is 1. The van der Waals surface area contributed by atoms with Crippen LogP contribution in [0, 0.1) is 5.92 Å². The van der Waals surface area contributed by atoms with Crippen LogP contribution >= 0.6 is 0 Å². The van der Waals surface area contributed by atoms with Crippen LogP contribution in [0.4, 0.5) is 5.69 Å². The molecule has 3 aromatic carbocycles. The third-order valence-corrected chi connectivity index (χ3v) is 7.74. The van der Waals surface area contributed by atoms with Crippen molar-refractivity contribution >= 4 is 17.5 Å². The largest absolute Gasteiger partial charge is 0.488 e. The Morgan fingerprint density at radius 3 is 2.60 bits per heavy atom. The topological polar surface area (TPSA) is 135 Å². The Labute approximate surface area is 262 Å². The van der Waals surface area contributed by atoms with Crippen molar-refractivity contribution in [3.05, 3.63) is 90.3 Å². The van der Waals surface area contributed by atoms with Crippen molar-refractivity contribution in [2.24, 2.45) is 5.92 Å². The number of nitrogens with one attached hydrogen (secondary N) is 1. The normalized spacial score (nSPS) is 17.4. The third-order valence-electron chi connectivity index (χ3n) is 7.74. The van der Waals surface area contributed by atoms with Gasteiger partial charge in [0.2, 0.25) is 11.8 Å². The zero-order valence-corrected chi connectivity index (χ0v) is 25.7. The molecule has 236 valence electrons. The number of hydrogen-bond donors (Lipinski definition) is 2. The van der Waals surface area contributed by atoms with E-state index in [1.165, 1.54) is 11.0 Å². The number of anilines is 1. The van der Waals surface area contributed by atoms with Crippen LogP contribution in [0.3, 0.4) is 0 Å². The van der Waals surface area contributed by atoms with Crippen LogP contribution in [-0.2, 0) is 29.1 Å². The lowest BCUT2D eigenvalue weighted by molar-refractivity contribution is -0.134. The second-order valence-corrected chi connectivity index (χ2v) is 11.5. The zero-order chi connectivity index (χ0) is 31.8. The highest BCUT2D eigenvalue weighted by molar-refractivity contribution is 5.91. The molecule has 3 atom stereocenters. The molecule has 0 fully saturated rings. The van der Waals surface area contributed by atoms with Crippen LogP contribution in [0.15, 0.2) is 79.1 Å². The molecule has 1 aliphatic rings. The van der Waals surface area contributed by atoms with Crippen LogP contribution in [-0.4, -0.2) is 85.8 Å². The number of amides is 2. The Bertz CT molecular complexity index is 1550. The Hall–Kier alpha value is -4.81. The van der Waals surface area contributed by atoms with Gasteiger partial charge in [-0.2, -0.15) is 0 Å². The Kier molecular flexibility index (Phi) is 10.4. The number of carbonyl (C=O) groups excluding carboxylic acids is 2. The van der Waals surface area contributed by atoms with Gasteiger partial charge in [0.1, 0.15) is 36.2 Å². The van der Waals surface area contributed by atoms with Crippen LogP contribution < -0.4 is 14.8 Å². The molecule has 1 aliphatic heterocycles. The van der Waals surface area contributed by atoms with Gasteiger partial charge in [-0.3, -0.25) is 14.5 Å². The lowest BCUT2D eigenvalue weighted by Crippen LogP contribution is -2.47. The average molecular weight is 614 g/mol. The molecule has 2 N–H and O–H groups in total. The fourth-order valence-electron chi connectivity index (χ4n) is 5.30. The van der Waals surface area contributed by atoms with Crippen molar-refractivity contribution in [3.8, 4) is 17.2 Å². The summed E-state index contributed by atoms with van der Waals surface area (Å²) in [5, 5.41) is 23.6. The van der Waals surface area contributed by atoms with Gasteiger partial charge in [-0.15, -0.1) is 5.10 Å². The van der Waals surface area contributed by atoms with Gasteiger partial charge in [0, 0.05) is 36.8 Å². The van der Waals surface area contributed by atoms with E-state index in [0.29, 0.717) is 36.6 Å². The smallest absolute Gasteiger partial charge is 0.246 e. The minimum atomic E-state index is -0.351. The number of hydrogen-bond acceptors (Lipinski definition) is 9. The highest BCUT2D eigenvalue weighted by Gasteiger charge is 2.31. The summed E-state index contributed by atoms with van der Waals surface area (Å²) in [5.41, 5.74) is 2.32. The Morgan fingerprint density at radius 2 is 1.89 bits per heavy atom. The number of fused-ring (bicyclic) bond motifs is 1. The molecule has 5 rings (SSSR count). The number of benzene rings is 3. The second kappa shape index (κ2) is 14.8. The standard InChI is InChI=1S/C33H39N7O5/c1-23-17-40(24(2)21-41)33(43)16-26-15-27(35-32(42)20-39-22-34-36-37-39)11-14-30(26)45-31(23)19-38(3)18-25-9-12-29(13-10-25)44-28-7-5-4-6-8-28/h4-15,22-24,31,41H,16-21H2,1-3H3,(H,35,42)/t23-,24+,31+/m0/s1. The number of aliphatic hydroxyl groups is 1. The maximum absolute atomic E-state index is 13.5. The molecule has 4 aromatic rings. The molecular formula is C33H39N7O5. The quantitative estimate of drug-likeness (QED) is 0.261. The van der Waals surface area contributed by atoms with Crippen LogP contribution in [0.2, 0.25) is 0 Å². The summed E-state index contributed by atoms with van der Waals surface area (Å²) in [6, 6.07) is 22.7. The maximum Gasteiger partial charge on any atom is 0.246 e. The SMILES string of the molecule is C[C@H](CO)N1C[C@H](C)[C@@H](CN(C)Cc2ccc(Oc3ccccc3)cc2)Oc2ccc(NC(=O)Cn3cnnn3)cc2CC1=O. The second-order valence-electron chi connectivity index (χ2n) is 11.5. The highest BCUT2D eigenvalue weighted by Crippen LogP contribution is 2.29. The number of tetrazole rings is 1. The predicted molar refractivity (Wildman–Crippen MR) is 168 cm³/mol. The number of aliphatic hydroxyl groups excluding tert-OH is 1. The molecule has 12 nitrogen and oxygen atoms in total. The molecule has 12 heteroatoms. The number of ether oxygens (including phenoxy) is 2. The molecule has 0 unspecified atom stereocenters. The highest BCUT2D eigenvalue weighted by atomic mass is 16.5. The summed E-state index contributed by atoms with van der Waals surface area (Å²) in [6.07, 6.45) is 1.18. The monoisotopic (exact) mass is 613 g/mol. The fraction of sp³-hybridized carbons (Fsp3) is 0.364. The molecule has 0 radical (unpaired) electrons. The van der Waals surface area contributed by atoms with E-state index in [4.69, 9.17) is 9.47 Å². The van der Waals surface area contributed by atoms with Crippen molar-refractivity contribution in [1.29, 1.82) is 0 Å². The summed E-state index contributed by atoms with van der Waals surface area (Å²) in [7, 11) is 2.04. The van der Waals surface area contributed by atoms with Crippen molar-refractivity contribution in [2.75, 3.05) is 32.1 Å². The zero-order valence-electron chi connectivity index (χ0n) is 25.7. The number of rotatable bonds is 11. The van der Waals surface area contributed by atoms with E-state index in [1.54, 1.807) is 23.1 Å². The molecular weight excluding hydrogens is 574 g/mol. The van der Waals surface area contributed by atoms with Crippen molar-refractivity contribution in [1.82, 2.24) is 30.0 Å². The number of likely N-dealkylation sites (N-methyl/N-ethyl adjacent to an activating group) is 1. The first-order valence-electron chi connectivity index (χ1n) is 15.0. The lowest BCUT2D eigenvalue weighted by atomic mass is 10.0. The molecule has 2 amide bonds. The van der Waals surface area contributed by atoms with Gasteiger partial charge in [-0.1, -0.05) is 37.3 Å². The maximum atomic E-state index is 13.5. The first-order chi connectivity index (χ1) is 21.8. The van der Waals surface area contributed by atoms with E-state index in [2.05, 4.69) is 44.8 Å². The molecule has 0 aliphatic carbocycles. The Balaban J connectivity index is 1.30. The van der Waals surface area contributed by atoms with Crippen molar-refractivity contribution < 1.29 is 24.2 Å². The number of carbonyl (C=O) groups is 2. The van der Waals surface area contributed by atoms with E-state index in [-0.39, 0.29) is 49.5 Å². The van der Waals surface area contributed by atoms with Crippen molar-refractivity contribution in [2.45, 2.75) is 45.5 Å². The molecule has 45 heavy (non-hydrogen) atoms. The average Bonchev–Trinajstić information content (AvgIpc) is 3.55. The molecule has 0 bridgehead atoms. The first-order valence-corrected chi connectivity index (χ1v) is 15.0. The molecule has 0 spiro atoms. The summed E-state index contributed by atoms with van der Waals surface area (Å²) in [5.74, 6) is 1.70. The van der Waals surface area contributed by atoms with E-state index in [9.17, 15) is 14.7 Å². The summed E-state index contributed by atoms with van der Waals surface area (Å²) >= 11 is 0. The minimum Gasteiger partial charge on any atom is -0.488 e. The summed E-state index contributed by atoms with van der Waals surface area (Å²) in [4.78, 5) is 30.0. The predicted octanol–water partition coefficient (Wildman–Crippen LogP) is 3.39. The summed E-state index contributed by atoms with van der Waals surface area (Å²) < 4.78 is 13.9. The van der Waals surface area contributed by atoms with Gasteiger partial charge < -0.3 is 24.8 Å². The number of aromatic nitrogens is 4. The molecule has 0 saturated carbocycles. The van der Waals surface area contributed by atoms with Gasteiger partial charge in [0.15, 0.2) is 0 Å². The van der Waals surface area contributed by atoms with Crippen LogP contribution in [0.25, 0.3) is 0 Å². The summed E-state index contributed by atoms with van der Waals surface area (Å²) in [6.45, 7) is 5.44. The van der Waals surface area contributed by atoms with E-state index in [0.717, 1.165) is 17.1 Å². The first kappa shape index (κ1) is 31.6. The fourth-order valence-corrected chi connectivity index (χ4v) is 5.30. The van der Waals surface area contributed by atoms with Gasteiger partial charge >= 0.3 is 0 Å².